The first-order valence-corrected chi connectivity index (χ1v) is 17.4. The van der Waals surface area contributed by atoms with Gasteiger partial charge in [-0.25, -0.2) is 4.68 Å². The Morgan fingerprint density at radius 2 is 1.57 bits per heavy atom. The molecule has 0 unspecified atom stereocenters. The molecule has 0 bridgehead atoms. The number of aliphatic hydroxyl groups is 1. The lowest BCUT2D eigenvalue weighted by Crippen LogP contribution is -2.46. The summed E-state index contributed by atoms with van der Waals surface area (Å²) in [5.74, 6) is -0.638. The maximum absolute atomic E-state index is 14.6. The number of carbonyl (C=O) groups excluding carboxylic acids is 3. The van der Waals surface area contributed by atoms with Crippen molar-refractivity contribution in [3.05, 3.63) is 113 Å². The maximum atomic E-state index is 14.6. The summed E-state index contributed by atoms with van der Waals surface area (Å²) in [5.41, 5.74) is 4.46. The van der Waals surface area contributed by atoms with Gasteiger partial charge in [0, 0.05) is 31.0 Å². The van der Waals surface area contributed by atoms with Crippen LogP contribution in [-0.2, 0) is 23.2 Å². The number of anilines is 1. The van der Waals surface area contributed by atoms with Crippen molar-refractivity contribution >= 4 is 23.4 Å². The molecule has 1 aliphatic heterocycles. The Balaban J connectivity index is 1.55. The molecule has 3 amide bonds. The Hall–Kier alpha value is -4.76. The highest BCUT2D eigenvalue weighted by Crippen LogP contribution is 2.30. The Labute approximate surface area is 289 Å². The van der Waals surface area contributed by atoms with Gasteiger partial charge in [0.05, 0.1) is 29.3 Å². The standard InChI is InChI=1S/C40H49N5O4/c1-6-8-21-43(22-9-7-2)38(48)35-23-28(3)45(42-35)36-20-19-32(41-39(49)40(4,5)31-17-11-10-12-18-31)25-34(36)37(47)44-26-30-16-14-13-15-29(30)24-33(44)27-46/h10-20,23,25,33,46H,6-9,21-22,24,26-27H2,1-5H3,(H,41,49)/t33-/m0/s1. The van der Waals surface area contributed by atoms with Crippen LogP contribution in [0.3, 0.4) is 0 Å². The van der Waals surface area contributed by atoms with Crippen molar-refractivity contribution in [1.82, 2.24) is 19.6 Å². The van der Waals surface area contributed by atoms with E-state index in [0.29, 0.717) is 54.4 Å². The molecule has 2 N–H and O–H groups in total. The number of nitrogens with zero attached hydrogens (tertiary/aromatic N) is 4. The van der Waals surface area contributed by atoms with Crippen molar-refractivity contribution in [2.45, 2.75) is 84.7 Å². The fourth-order valence-corrected chi connectivity index (χ4v) is 6.38. The number of fused-ring (bicyclic) bond motifs is 1. The lowest BCUT2D eigenvalue weighted by molar-refractivity contribution is -0.120. The van der Waals surface area contributed by atoms with E-state index in [2.05, 4.69) is 19.2 Å². The first kappa shape index (κ1) is 35.5. The van der Waals surface area contributed by atoms with Gasteiger partial charge in [-0.2, -0.15) is 5.10 Å². The zero-order chi connectivity index (χ0) is 35.1. The average Bonchev–Trinajstić information content (AvgIpc) is 3.51. The summed E-state index contributed by atoms with van der Waals surface area (Å²) in [6.45, 7) is 11.3. The molecule has 5 rings (SSSR count). The van der Waals surface area contributed by atoms with Crippen molar-refractivity contribution in [3.8, 4) is 5.69 Å². The van der Waals surface area contributed by atoms with Crippen LogP contribution in [-0.4, -0.2) is 68.1 Å². The third-order valence-electron chi connectivity index (χ3n) is 9.56. The van der Waals surface area contributed by atoms with E-state index in [4.69, 9.17) is 5.10 Å². The molecule has 1 aliphatic rings. The highest BCUT2D eigenvalue weighted by Gasteiger charge is 2.33. The van der Waals surface area contributed by atoms with Crippen LogP contribution in [0.15, 0.2) is 78.9 Å². The topological polar surface area (TPSA) is 108 Å². The Morgan fingerprint density at radius 1 is 0.918 bits per heavy atom. The normalized spacial score (nSPS) is 14.3. The summed E-state index contributed by atoms with van der Waals surface area (Å²) >= 11 is 0. The van der Waals surface area contributed by atoms with Crippen molar-refractivity contribution in [1.29, 1.82) is 0 Å². The molecule has 0 saturated carbocycles. The zero-order valence-corrected chi connectivity index (χ0v) is 29.4. The Bertz CT molecular complexity index is 1770. The molecule has 49 heavy (non-hydrogen) atoms. The predicted molar refractivity (Wildman–Crippen MR) is 193 cm³/mol. The van der Waals surface area contributed by atoms with Gasteiger partial charge in [0.25, 0.3) is 11.8 Å². The Morgan fingerprint density at radius 3 is 2.22 bits per heavy atom. The number of aliphatic hydroxyl groups excluding tert-OH is 1. The predicted octanol–water partition coefficient (Wildman–Crippen LogP) is 6.70. The second-order valence-electron chi connectivity index (χ2n) is 13.5. The van der Waals surface area contributed by atoms with Crippen molar-refractivity contribution in [2.24, 2.45) is 0 Å². The van der Waals surface area contributed by atoms with Gasteiger partial charge in [-0.05, 0) is 81.0 Å². The molecule has 9 heteroatoms. The molecule has 258 valence electrons. The molecule has 2 heterocycles. The largest absolute Gasteiger partial charge is 0.394 e. The van der Waals surface area contributed by atoms with E-state index in [9.17, 15) is 19.5 Å². The number of hydrogen-bond donors (Lipinski definition) is 2. The van der Waals surface area contributed by atoms with Gasteiger partial charge >= 0.3 is 0 Å². The van der Waals surface area contributed by atoms with Crippen LogP contribution in [0.5, 0.6) is 0 Å². The first-order valence-electron chi connectivity index (χ1n) is 17.4. The minimum Gasteiger partial charge on any atom is -0.394 e. The second kappa shape index (κ2) is 15.6. The smallest absolute Gasteiger partial charge is 0.274 e. The minimum atomic E-state index is -0.835. The molecule has 4 aromatic rings. The molecule has 1 aromatic heterocycles. The molecule has 3 aromatic carbocycles. The van der Waals surface area contributed by atoms with E-state index in [0.717, 1.165) is 42.4 Å². The highest BCUT2D eigenvalue weighted by atomic mass is 16.3. The van der Waals surface area contributed by atoms with E-state index >= 15 is 0 Å². The molecule has 9 nitrogen and oxygen atoms in total. The van der Waals surface area contributed by atoms with E-state index in [-0.39, 0.29) is 24.3 Å². The monoisotopic (exact) mass is 663 g/mol. The van der Waals surface area contributed by atoms with Gasteiger partial charge in [-0.3, -0.25) is 14.4 Å². The summed E-state index contributed by atoms with van der Waals surface area (Å²) in [6.07, 6.45) is 4.31. The first-order chi connectivity index (χ1) is 23.6. The van der Waals surface area contributed by atoms with Gasteiger partial charge in [-0.1, -0.05) is 81.3 Å². The molecule has 0 aliphatic carbocycles. The average molecular weight is 664 g/mol. The number of benzene rings is 3. The molecular weight excluding hydrogens is 614 g/mol. The van der Waals surface area contributed by atoms with Gasteiger partial charge in [0.15, 0.2) is 5.69 Å². The molecule has 1 atom stereocenters. The van der Waals surface area contributed by atoms with E-state index in [1.807, 2.05) is 80.3 Å². The number of nitrogens with one attached hydrogen (secondary N) is 1. The third kappa shape index (κ3) is 7.78. The minimum absolute atomic E-state index is 0.128. The zero-order valence-electron chi connectivity index (χ0n) is 29.4. The number of aromatic nitrogens is 2. The number of rotatable bonds is 13. The second-order valence-corrected chi connectivity index (χ2v) is 13.5. The number of amides is 3. The van der Waals surface area contributed by atoms with Crippen LogP contribution in [0.4, 0.5) is 5.69 Å². The fraction of sp³-hybridized carbons (Fsp3) is 0.400. The molecule has 0 fully saturated rings. The lowest BCUT2D eigenvalue weighted by atomic mass is 9.83. The lowest BCUT2D eigenvalue weighted by Gasteiger charge is -2.36. The SMILES string of the molecule is CCCCN(CCCC)C(=O)c1cc(C)n(-c2ccc(NC(=O)C(C)(C)c3ccccc3)cc2C(=O)N2Cc3ccccc3C[C@H]2CO)n1. The van der Waals surface area contributed by atoms with Crippen LogP contribution >= 0.6 is 0 Å². The third-order valence-corrected chi connectivity index (χ3v) is 9.56. The van der Waals surface area contributed by atoms with E-state index < -0.39 is 11.5 Å². The summed E-state index contributed by atoms with van der Waals surface area (Å²) in [5, 5.41) is 18.2. The van der Waals surface area contributed by atoms with E-state index in [1.54, 1.807) is 33.8 Å². The maximum Gasteiger partial charge on any atom is 0.274 e. The summed E-state index contributed by atoms with van der Waals surface area (Å²) in [6, 6.07) is 24.1. The fourth-order valence-electron chi connectivity index (χ4n) is 6.38. The highest BCUT2D eigenvalue weighted by molar-refractivity contribution is 6.02. The van der Waals surface area contributed by atoms with Crippen LogP contribution in [0.2, 0.25) is 0 Å². The van der Waals surface area contributed by atoms with Crippen LogP contribution in [0.25, 0.3) is 5.69 Å². The molecule has 0 saturated heterocycles. The quantitative estimate of drug-likeness (QED) is 0.166. The van der Waals surface area contributed by atoms with Crippen molar-refractivity contribution < 1.29 is 19.5 Å². The number of unbranched alkanes of at least 4 members (excludes halogenated alkanes) is 2. The molecular formula is C40H49N5O4. The van der Waals surface area contributed by atoms with Gasteiger partial charge in [-0.15, -0.1) is 0 Å². The van der Waals surface area contributed by atoms with Gasteiger partial charge < -0.3 is 20.2 Å². The van der Waals surface area contributed by atoms with Gasteiger partial charge in [0.1, 0.15) is 0 Å². The van der Waals surface area contributed by atoms with Crippen LogP contribution < -0.4 is 5.32 Å². The van der Waals surface area contributed by atoms with Gasteiger partial charge in [0.2, 0.25) is 5.91 Å². The summed E-state index contributed by atoms with van der Waals surface area (Å²) in [4.78, 5) is 45.5. The number of carbonyl (C=O) groups is 3. The van der Waals surface area contributed by atoms with Crippen LogP contribution in [0, 0.1) is 6.92 Å². The Kier molecular flexibility index (Phi) is 11.3. The molecule has 0 radical (unpaired) electrons. The number of hydrogen-bond acceptors (Lipinski definition) is 5. The van der Waals surface area contributed by atoms with Crippen molar-refractivity contribution in [2.75, 3.05) is 25.0 Å². The summed E-state index contributed by atoms with van der Waals surface area (Å²) < 4.78 is 1.64. The van der Waals surface area contributed by atoms with Crippen molar-refractivity contribution in [3.63, 3.8) is 0 Å². The summed E-state index contributed by atoms with van der Waals surface area (Å²) in [7, 11) is 0. The number of aryl methyl sites for hydroxylation is 1. The van der Waals surface area contributed by atoms with E-state index in [1.165, 1.54) is 0 Å². The molecule has 0 spiro atoms. The van der Waals surface area contributed by atoms with Crippen LogP contribution in [0.1, 0.15) is 96.6 Å².